The molecule has 0 bridgehead atoms. The van der Waals surface area contributed by atoms with E-state index in [1.165, 1.54) is 24.0 Å². The predicted molar refractivity (Wildman–Crippen MR) is 135 cm³/mol. The second kappa shape index (κ2) is 9.79. The molecule has 1 aliphatic heterocycles. The van der Waals surface area contributed by atoms with Crippen LogP contribution in [0.3, 0.4) is 0 Å². The van der Waals surface area contributed by atoms with Crippen LogP contribution in [0.1, 0.15) is 50.4 Å². The third-order valence-electron chi connectivity index (χ3n) is 6.19. The number of aryl methyl sites for hydroxylation is 1. The molecule has 6 nitrogen and oxygen atoms in total. The average Bonchev–Trinajstić information content (AvgIpc) is 3.20. The summed E-state index contributed by atoms with van der Waals surface area (Å²) in [6.45, 7) is 10.6. The minimum absolute atomic E-state index is 0.132. The Morgan fingerprint density at radius 1 is 1.03 bits per heavy atom. The van der Waals surface area contributed by atoms with Gasteiger partial charge in [0.15, 0.2) is 0 Å². The van der Waals surface area contributed by atoms with Crippen molar-refractivity contribution in [1.82, 2.24) is 15.1 Å². The lowest BCUT2D eigenvalue weighted by molar-refractivity contribution is 0.262. The number of benzene rings is 2. The lowest BCUT2D eigenvalue weighted by atomic mass is 9.91. The highest BCUT2D eigenvalue weighted by molar-refractivity contribution is 5.99. The third kappa shape index (κ3) is 6.02. The minimum Gasteiger partial charge on any atom is -0.317 e. The van der Waals surface area contributed by atoms with E-state index in [-0.39, 0.29) is 11.4 Å². The summed E-state index contributed by atoms with van der Waals surface area (Å²) in [5.74, 6) is 1.39. The van der Waals surface area contributed by atoms with Gasteiger partial charge in [-0.1, -0.05) is 50.6 Å². The Morgan fingerprint density at radius 3 is 2.33 bits per heavy atom. The number of hydrogen-bond donors (Lipinski definition) is 3. The fourth-order valence-electron chi connectivity index (χ4n) is 4.14. The van der Waals surface area contributed by atoms with E-state index in [0.717, 1.165) is 42.5 Å². The standard InChI is InChI=1S/C27H35N5O/c1-19-5-11-23(12-6-19)32-25(18-24(31-32)27(2,3)4)30-26(33)29-22-9-7-20(8-10-22)17-21-13-15-28-16-14-21/h5-12,18,21,28H,13-17H2,1-4H3,(H2,29,30,33). The number of hydrogen-bond acceptors (Lipinski definition) is 3. The molecule has 1 fully saturated rings. The number of urea groups is 1. The van der Waals surface area contributed by atoms with Crippen molar-refractivity contribution in [3.8, 4) is 5.69 Å². The zero-order chi connectivity index (χ0) is 23.4. The second-order valence-electron chi connectivity index (χ2n) is 10.1. The van der Waals surface area contributed by atoms with Crippen molar-refractivity contribution < 1.29 is 4.79 Å². The molecule has 2 heterocycles. The van der Waals surface area contributed by atoms with Crippen LogP contribution in [-0.2, 0) is 11.8 Å². The van der Waals surface area contributed by atoms with Crippen LogP contribution in [0.2, 0.25) is 0 Å². The van der Waals surface area contributed by atoms with E-state index < -0.39 is 0 Å². The summed E-state index contributed by atoms with van der Waals surface area (Å²) >= 11 is 0. The smallest absolute Gasteiger partial charge is 0.317 e. The molecule has 0 atom stereocenters. The molecule has 0 aliphatic carbocycles. The monoisotopic (exact) mass is 445 g/mol. The van der Waals surface area contributed by atoms with Gasteiger partial charge in [0.1, 0.15) is 5.82 Å². The first-order valence-corrected chi connectivity index (χ1v) is 11.8. The first-order chi connectivity index (χ1) is 15.8. The maximum absolute atomic E-state index is 12.8. The van der Waals surface area contributed by atoms with Crippen LogP contribution < -0.4 is 16.0 Å². The van der Waals surface area contributed by atoms with Crippen molar-refractivity contribution in [3.63, 3.8) is 0 Å². The largest absolute Gasteiger partial charge is 0.324 e. The van der Waals surface area contributed by atoms with Crippen molar-refractivity contribution >= 4 is 17.5 Å². The normalized spacial score (nSPS) is 14.8. The fraction of sp³-hybridized carbons (Fsp3) is 0.407. The molecule has 4 rings (SSSR count). The van der Waals surface area contributed by atoms with E-state index in [2.05, 4.69) is 55.8 Å². The molecule has 1 aromatic heterocycles. The summed E-state index contributed by atoms with van der Waals surface area (Å²) in [6.07, 6.45) is 3.56. The van der Waals surface area contributed by atoms with E-state index in [1.54, 1.807) is 4.68 Å². The molecule has 1 saturated heterocycles. The maximum Gasteiger partial charge on any atom is 0.324 e. The molecule has 174 valence electrons. The Balaban J connectivity index is 1.45. The van der Waals surface area contributed by atoms with Gasteiger partial charge in [-0.2, -0.15) is 5.10 Å². The summed E-state index contributed by atoms with van der Waals surface area (Å²) in [5, 5.41) is 14.1. The van der Waals surface area contributed by atoms with Crippen LogP contribution in [0.4, 0.5) is 16.3 Å². The van der Waals surface area contributed by atoms with Crippen molar-refractivity contribution in [3.05, 3.63) is 71.4 Å². The SMILES string of the molecule is Cc1ccc(-n2nc(C(C)(C)C)cc2NC(=O)Nc2ccc(CC3CCNCC3)cc2)cc1. The van der Waals surface area contributed by atoms with Gasteiger partial charge in [0.2, 0.25) is 0 Å². The third-order valence-corrected chi connectivity index (χ3v) is 6.19. The molecule has 6 heteroatoms. The quantitative estimate of drug-likeness (QED) is 0.474. The lowest BCUT2D eigenvalue weighted by Crippen LogP contribution is -2.28. The topological polar surface area (TPSA) is 71.0 Å². The van der Waals surface area contributed by atoms with E-state index in [4.69, 9.17) is 5.10 Å². The molecule has 1 aliphatic rings. The van der Waals surface area contributed by atoms with Crippen LogP contribution >= 0.6 is 0 Å². The Bertz CT molecular complexity index is 1070. The van der Waals surface area contributed by atoms with Gasteiger partial charge in [0.25, 0.3) is 0 Å². The number of nitrogens with zero attached hydrogens (tertiary/aromatic N) is 2. The number of aromatic nitrogens is 2. The molecule has 2 aromatic carbocycles. The van der Waals surface area contributed by atoms with Gasteiger partial charge in [0.05, 0.1) is 11.4 Å². The zero-order valence-corrected chi connectivity index (χ0v) is 20.1. The van der Waals surface area contributed by atoms with Crippen LogP contribution in [0.5, 0.6) is 0 Å². The second-order valence-corrected chi connectivity index (χ2v) is 10.1. The van der Waals surface area contributed by atoms with E-state index in [1.807, 2.05) is 42.5 Å². The number of carbonyl (C=O) groups excluding carboxylic acids is 1. The van der Waals surface area contributed by atoms with Gasteiger partial charge in [-0.3, -0.25) is 5.32 Å². The lowest BCUT2D eigenvalue weighted by Gasteiger charge is -2.22. The van der Waals surface area contributed by atoms with Gasteiger partial charge in [-0.05, 0) is 75.0 Å². The minimum atomic E-state index is -0.283. The summed E-state index contributed by atoms with van der Waals surface area (Å²) in [5.41, 5.74) is 4.97. The van der Waals surface area contributed by atoms with Crippen LogP contribution in [0.15, 0.2) is 54.6 Å². The highest BCUT2D eigenvalue weighted by atomic mass is 16.2. The van der Waals surface area contributed by atoms with Crippen LogP contribution in [0, 0.1) is 12.8 Å². The molecule has 0 saturated carbocycles. The first-order valence-electron chi connectivity index (χ1n) is 11.8. The number of rotatable bonds is 5. The highest BCUT2D eigenvalue weighted by Gasteiger charge is 2.21. The van der Waals surface area contributed by atoms with Crippen molar-refractivity contribution in [2.45, 2.75) is 52.4 Å². The molecular weight excluding hydrogens is 410 g/mol. The molecule has 33 heavy (non-hydrogen) atoms. The molecule has 2 amide bonds. The number of anilines is 2. The van der Waals surface area contributed by atoms with E-state index >= 15 is 0 Å². The Labute approximate surface area is 196 Å². The molecule has 0 spiro atoms. The van der Waals surface area contributed by atoms with E-state index in [0.29, 0.717) is 5.82 Å². The van der Waals surface area contributed by atoms with Gasteiger partial charge in [0, 0.05) is 17.2 Å². The highest BCUT2D eigenvalue weighted by Crippen LogP contribution is 2.27. The number of piperidine rings is 1. The van der Waals surface area contributed by atoms with Gasteiger partial charge in [-0.25, -0.2) is 9.48 Å². The van der Waals surface area contributed by atoms with Gasteiger partial charge >= 0.3 is 6.03 Å². The van der Waals surface area contributed by atoms with Crippen LogP contribution in [-0.4, -0.2) is 28.9 Å². The summed E-state index contributed by atoms with van der Waals surface area (Å²) in [6, 6.07) is 18.0. The molecule has 0 unspecified atom stereocenters. The fourth-order valence-corrected chi connectivity index (χ4v) is 4.14. The number of nitrogens with one attached hydrogen (secondary N) is 3. The summed E-state index contributed by atoms with van der Waals surface area (Å²) in [4.78, 5) is 12.8. The first kappa shape index (κ1) is 23.1. The Hall–Kier alpha value is -3.12. The van der Waals surface area contributed by atoms with Crippen molar-refractivity contribution in [1.29, 1.82) is 0 Å². The average molecular weight is 446 g/mol. The summed E-state index contributed by atoms with van der Waals surface area (Å²) < 4.78 is 1.79. The summed E-state index contributed by atoms with van der Waals surface area (Å²) in [7, 11) is 0. The number of carbonyl (C=O) groups is 1. The maximum atomic E-state index is 12.8. The molecule has 0 radical (unpaired) electrons. The Morgan fingerprint density at radius 2 is 1.70 bits per heavy atom. The predicted octanol–water partition coefficient (Wildman–Crippen LogP) is 5.66. The Kier molecular flexibility index (Phi) is 6.84. The van der Waals surface area contributed by atoms with E-state index in [9.17, 15) is 4.79 Å². The van der Waals surface area contributed by atoms with Gasteiger partial charge in [-0.15, -0.1) is 0 Å². The van der Waals surface area contributed by atoms with Gasteiger partial charge < -0.3 is 10.6 Å². The molecule has 3 N–H and O–H groups in total. The molecular formula is C27H35N5O. The number of amides is 2. The van der Waals surface area contributed by atoms with Crippen molar-refractivity contribution in [2.24, 2.45) is 5.92 Å². The molecule has 3 aromatic rings. The van der Waals surface area contributed by atoms with Crippen LogP contribution in [0.25, 0.3) is 5.69 Å². The van der Waals surface area contributed by atoms with Crippen molar-refractivity contribution in [2.75, 3.05) is 23.7 Å². The zero-order valence-electron chi connectivity index (χ0n) is 20.1.